The molecule has 3 aromatic rings. The largest absolute Gasteiger partial charge is 0.487 e. The number of benzene rings is 2. The smallest absolute Gasteiger partial charge is 0.132 e. The Hall–Kier alpha value is -2.14. The van der Waals surface area contributed by atoms with E-state index in [-0.39, 0.29) is 0 Å². The summed E-state index contributed by atoms with van der Waals surface area (Å²) in [4.78, 5) is 0. The minimum atomic E-state index is 0.420. The zero-order chi connectivity index (χ0) is 13.8. The minimum absolute atomic E-state index is 0.420. The fraction of sp³-hybridized carbons (Fsp3) is 0.0667. The van der Waals surface area contributed by atoms with Crippen LogP contribution in [0.2, 0.25) is 0 Å². The molecule has 0 aliphatic heterocycles. The van der Waals surface area contributed by atoms with Gasteiger partial charge in [-0.05, 0) is 36.4 Å². The van der Waals surface area contributed by atoms with Crippen molar-refractivity contribution in [3.8, 4) is 11.4 Å². The van der Waals surface area contributed by atoms with Crippen LogP contribution in [0.4, 0.5) is 0 Å². The molecule has 4 nitrogen and oxygen atoms in total. The Morgan fingerprint density at radius 1 is 1.00 bits per heavy atom. The van der Waals surface area contributed by atoms with E-state index in [1.54, 1.807) is 10.9 Å². The molecule has 0 N–H and O–H groups in total. The summed E-state index contributed by atoms with van der Waals surface area (Å²) in [6, 6.07) is 17.6. The second-order valence-electron chi connectivity index (χ2n) is 4.22. The van der Waals surface area contributed by atoms with Crippen molar-refractivity contribution in [2.75, 3.05) is 0 Å². The third-order valence-electron chi connectivity index (χ3n) is 2.82. The third kappa shape index (κ3) is 2.88. The molecule has 5 heteroatoms. The van der Waals surface area contributed by atoms with Crippen molar-refractivity contribution in [3.63, 3.8) is 0 Å². The summed E-state index contributed by atoms with van der Waals surface area (Å²) < 4.78 is 8.55. The van der Waals surface area contributed by atoms with Crippen molar-refractivity contribution in [3.05, 3.63) is 71.0 Å². The Bertz CT molecular complexity index is 680. The maximum atomic E-state index is 5.75. The number of aromatic nitrogens is 3. The lowest BCUT2D eigenvalue weighted by Crippen LogP contribution is -2.05. The molecule has 3 rings (SSSR count). The van der Waals surface area contributed by atoms with Gasteiger partial charge in [-0.2, -0.15) is 0 Å². The van der Waals surface area contributed by atoms with Gasteiger partial charge in [0.25, 0.3) is 0 Å². The maximum absolute atomic E-state index is 5.75. The fourth-order valence-electron chi connectivity index (χ4n) is 1.83. The second-order valence-corrected chi connectivity index (χ2v) is 5.13. The summed E-state index contributed by atoms with van der Waals surface area (Å²) in [5, 5.41) is 8.04. The molecular formula is C15H12BrN3O. The molecule has 0 saturated carbocycles. The van der Waals surface area contributed by atoms with E-state index in [9.17, 15) is 0 Å². The van der Waals surface area contributed by atoms with Crippen LogP contribution in [0.5, 0.6) is 5.75 Å². The Labute approximate surface area is 125 Å². The van der Waals surface area contributed by atoms with Gasteiger partial charge in [-0.1, -0.05) is 39.3 Å². The molecule has 100 valence electrons. The molecule has 20 heavy (non-hydrogen) atoms. The molecule has 0 radical (unpaired) electrons. The monoisotopic (exact) mass is 329 g/mol. The van der Waals surface area contributed by atoms with E-state index >= 15 is 0 Å². The van der Waals surface area contributed by atoms with E-state index in [2.05, 4.69) is 26.2 Å². The lowest BCUT2D eigenvalue weighted by atomic mass is 10.3. The van der Waals surface area contributed by atoms with Gasteiger partial charge in [0.2, 0.25) is 0 Å². The predicted molar refractivity (Wildman–Crippen MR) is 79.8 cm³/mol. The van der Waals surface area contributed by atoms with E-state index < -0.39 is 0 Å². The number of para-hydroxylation sites is 1. The van der Waals surface area contributed by atoms with E-state index in [1.807, 2.05) is 54.6 Å². The number of hydrogen-bond acceptors (Lipinski definition) is 3. The Morgan fingerprint density at radius 2 is 1.75 bits per heavy atom. The van der Waals surface area contributed by atoms with Crippen molar-refractivity contribution in [2.45, 2.75) is 6.61 Å². The van der Waals surface area contributed by atoms with E-state index in [0.29, 0.717) is 6.61 Å². The predicted octanol–water partition coefficient (Wildman–Crippen LogP) is 3.61. The average molecular weight is 330 g/mol. The first kappa shape index (κ1) is 12.9. The van der Waals surface area contributed by atoms with Crippen LogP contribution in [0.15, 0.2) is 65.3 Å². The van der Waals surface area contributed by atoms with Crippen molar-refractivity contribution < 1.29 is 4.74 Å². The van der Waals surface area contributed by atoms with E-state index in [0.717, 1.165) is 21.6 Å². The first-order chi connectivity index (χ1) is 9.83. The van der Waals surface area contributed by atoms with Gasteiger partial charge in [0.15, 0.2) is 0 Å². The van der Waals surface area contributed by atoms with Crippen LogP contribution in [0.25, 0.3) is 5.69 Å². The van der Waals surface area contributed by atoms with Gasteiger partial charge in [0.1, 0.15) is 18.1 Å². The van der Waals surface area contributed by atoms with Crippen molar-refractivity contribution in [1.82, 2.24) is 15.0 Å². The lowest BCUT2D eigenvalue weighted by molar-refractivity contribution is 0.297. The molecular weight excluding hydrogens is 318 g/mol. The first-order valence-corrected chi connectivity index (χ1v) is 6.95. The molecule has 2 aromatic carbocycles. The van der Waals surface area contributed by atoms with E-state index in [4.69, 9.17) is 4.74 Å². The summed E-state index contributed by atoms with van der Waals surface area (Å²) in [6.07, 6.45) is 1.71. The van der Waals surface area contributed by atoms with Crippen LogP contribution in [-0.4, -0.2) is 15.0 Å². The number of rotatable bonds is 4. The normalized spacial score (nSPS) is 10.4. The van der Waals surface area contributed by atoms with Crippen molar-refractivity contribution in [2.24, 2.45) is 0 Å². The molecule has 0 unspecified atom stereocenters. The van der Waals surface area contributed by atoms with E-state index in [1.165, 1.54) is 0 Å². The number of ether oxygens (including phenoxy) is 1. The highest BCUT2D eigenvalue weighted by Crippen LogP contribution is 2.18. The summed E-state index contributed by atoms with van der Waals surface area (Å²) >= 11 is 3.40. The zero-order valence-corrected chi connectivity index (χ0v) is 12.2. The van der Waals surface area contributed by atoms with Gasteiger partial charge >= 0.3 is 0 Å². The Balaban J connectivity index is 1.76. The van der Waals surface area contributed by atoms with Crippen LogP contribution in [-0.2, 0) is 6.61 Å². The summed E-state index contributed by atoms with van der Waals surface area (Å²) in [5.41, 5.74) is 1.87. The van der Waals surface area contributed by atoms with Gasteiger partial charge in [-0.3, -0.25) is 0 Å². The molecule has 0 bridgehead atoms. The molecule has 0 aliphatic rings. The van der Waals surface area contributed by atoms with Gasteiger partial charge < -0.3 is 4.74 Å². The highest BCUT2D eigenvalue weighted by molar-refractivity contribution is 9.10. The standard InChI is InChI=1S/C15H12BrN3O/c16-12-6-8-15(9-7-12)20-11-14-10-17-18-19(14)13-4-2-1-3-5-13/h1-10H,11H2. The van der Waals surface area contributed by atoms with Gasteiger partial charge in [0.05, 0.1) is 11.9 Å². The average Bonchev–Trinajstić information content (AvgIpc) is 2.96. The lowest BCUT2D eigenvalue weighted by Gasteiger charge is -2.08. The quantitative estimate of drug-likeness (QED) is 0.734. The molecule has 0 amide bonds. The molecule has 1 aromatic heterocycles. The fourth-order valence-corrected chi connectivity index (χ4v) is 2.09. The van der Waals surface area contributed by atoms with Crippen LogP contribution in [0, 0.1) is 0 Å². The summed E-state index contributed by atoms with van der Waals surface area (Å²) in [7, 11) is 0. The summed E-state index contributed by atoms with van der Waals surface area (Å²) in [6.45, 7) is 0.420. The number of halogens is 1. The van der Waals surface area contributed by atoms with Crippen molar-refractivity contribution in [1.29, 1.82) is 0 Å². The molecule has 0 spiro atoms. The van der Waals surface area contributed by atoms with Crippen LogP contribution in [0.3, 0.4) is 0 Å². The molecule has 0 fully saturated rings. The minimum Gasteiger partial charge on any atom is -0.487 e. The first-order valence-electron chi connectivity index (χ1n) is 6.16. The van der Waals surface area contributed by atoms with Crippen LogP contribution in [0.1, 0.15) is 5.69 Å². The zero-order valence-electron chi connectivity index (χ0n) is 10.6. The molecule has 0 saturated heterocycles. The Morgan fingerprint density at radius 3 is 2.50 bits per heavy atom. The van der Waals surface area contributed by atoms with Gasteiger partial charge in [-0.25, -0.2) is 4.68 Å². The van der Waals surface area contributed by atoms with Crippen LogP contribution < -0.4 is 4.74 Å². The van der Waals surface area contributed by atoms with Crippen LogP contribution >= 0.6 is 15.9 Å². The SMILES string of the molecule is Brc1ccc(OCc2cnnn2-c2ccccc2)cc1. The second kappa shape index (κ2) is 5.88. The molecule has 0 aliphatic carbocycles. The third-order valence-corrected chi connectivity index (χ3v) is 3.35. The van der Waals surface area contributed by atoms with Crippen molar-refractivity contribution >= 4 is 15.9 Å². The number of nitrogens with zero attached hydrogens (tertiary/aromatic N) is 3. The maximum Gasteiger partial charge on any atom is 0.132 e. The topological polar surface area (TPSA) is 39.9 Å². The number of hydrogen-bond donors (Lipinski definition) is 0. The highest BCUT2D eigenvalue weighted by atomic mass is 79.9. The summed E-state index contributed by atoms with van der Waals surface area (Å²) in [5.74, 6) is 0.814. The van der Waals surface area contributed by atoms with Gasteiger partial charge in [-0.15, -0.1) is 5.10 Å². The molecule has 1 heterocycles. The highest BCUT2D eigenvalue weighted by Gasteiger charge is 2.06. The van der Waals surface area contributed by atoms with Gasteiger partial charge in [0, 0.05) is 4.47 Å². The molecule has 0 atom stereocenters. The Kier molecular flexibility index (Phi) is 3.78.